The van der Waals surface area contributed by atoms with Crippen LogP contribution in [-0.2, 0) is 4.79 Å². The monoisotopic (exact) mass is 278 g/mol. The van der Waals surface area contributed by atoms with Crippen LogP contribution in [-0.4, -0.2) is 44.2 Å². The lowest BCUT2D eigenvalue weighted by atomic mass is 10.2. The zero-order valence-electron chi connectivity index (χ0n) is 12.3. The zero-order valence-corrected chi connectivity index (χ0v) is 12.3. The number of carbonyl (C=O) groups excluding carboxylic acids is 1. The number of likely N-dealkylation sites (N-methyl/N-ethyl adjacent to an activating group) is 1. The fourth-order valence-electron chi connectivity index (χ4n) is 2.24. The fourth-order valence-corrected chi connectivity index (χ4v) is 2.24. The summed E-state index contributed by atoms with van der Waals surface area (Å²) >= 11 is 0. The zero-order chi connectivity index (χ0) is 14.5. The predicted octanol–water partition coefficient (Wildman–Crippen LogP) is 2.13. The Balaban J connectivity index is 1.97. The number of ether oxygens (including phenoxy) is 2. The molecule has 20 heavy (non-hydrogen) atoms. The van der Waals surface area contributed by atoms with Gasteiger partial charge in [-0.05, 0) is 31.9 Å². The molecule has 0 spiro atoms. The lowest BCUT2D eigenvalue weighted by molar-refractivity contribution is -0.129. The van der Waals surface area contributed by atoms with Crippen LogP contribution in [0.3, 0.4) is 0 Å². The molecule has 1 aromatic carbocycles. The Morgan fingerprint density at radius 2 is 2.10 bits per heavy atom. The molecule has 1 aliphatic rings. The second-order valence-electron chi connectivity index (χ2n) is 4.83. The normalized spacial score (nSPS) is 13.8. The lowest BCUT2D eigenvalue weighted by Gasteiger charge is -2.21. The Hall–Kier alpha value is -1.91. The summed E-state index contributed by atoms with van der Waals surface area (Å²) < 4.78 is 10.4. The first-order chi connectivity index (χ1) is 9.69. The van der Waals surface area contributed by atoms with Crippen LogP contribution < -0.4 is 14.8 Å². The van der Waals surface area contributed by atoms with Gasteiger partial charge in [-0.2, -0.15) is 0 Å². The molecule has 0 bridgehead atoms. The summed E-state index contributed by atoms with van der Waals surface area (Å²) in [6.07, 6.45) is 2.26. The van der Waals surface area contributed by atoms with Crippen molar-refractivity contribution in [3.63, 3.8) is 0 Å². The summed E-state index contributed by atoms with van der Waals surface area (Å²) in [7, 11) is 3.21. The van der Waals surface area contributed by atoms with Crippen molar-refractivity contribution in [1.82, 2.24) is 4.90 Å². The highest BCUT2D eigenvalue weighted by Crippen LogP contribution is 2.29. The van der Waals surface area contributed by atoms with Crippen LogP contribution in [0, 0.1) is 0 Å². The predicted molar refractivity (Wildman–Crippen MR) is 78.4 cm³/mol. The molecule has 2 rings (SSSR count). The number of nitrogens with zero attached hydrogens (tertiary/aromatic N) is 1. The van der Waals surface area contributed by atoms with E-state index in [0.717, 1.165) is 30.8 Å². The van der Waals surface area contributed by atoms with Crippen molar-refractivity contribution in [3.8, 4) is 11.5 Å². The van der Waals surface area contributed by atoms with Crippen LogP contribution in [0.25, 0.3) is 0 Å². The molecule has 1 aromatic rings. The number of nitrogens with one attached hydrogen (secondary N) is 1. The third-order valence-corrected chi connectivity index (χ3v) is 3.49. The first-order valence-corrected chi connectivity index (χ1v) is 6.95. The van der Waals surface area contributed by atoms with Crippen molar-refractivity contribution < 1.29 is 14.3 Å². The van der Waals surface area contributed by atoms with Crippen LogP contribution in [0.2, 0.25) is 0 Å². The van der Waals surface area contributed by atoms with E-state index in [1.807, 2.05) is 24.0 Å². The number of hydrogen-bond acceptors (Lipinski definition) is 4. The minimum absolute atomic E-state index is 0.132. The van der Waals surface area contributed by atoms with Crippen LogP contribution in [0.4, 0.5) is 5.69 Å². The van der Waals surface area contributed by atoms with E-state index >= 15 is 0 Å². The maximum atomic E-state index is 12.1. The molecule has 0 unspecified atom stereocenters. The van der Waals surface area contributed by atoms with Gasteiger partial charge in [-0.25, -0.2) is 0 Å². The van der Waals surface area contributed by atoms with Crippen molar-refractivity contribution in [1.29, 1.82) is 0 Å². The number of amides is 1. The molecule has 1 amide bonds. The molecule has 110 valence electrons. The van der Waals surface area contributed by atoms with Gasteiger partial charge in [0.2, 0.25) is 5.91 Å². The Morgan fingerprint density at radius 1 is 1.35 bits per heavy atom. The second-order valence-corrected chi connectivity index (χ2v) is 4.83. The maximum absolute atomic E-state index is 12.1. The van der Waals surface area contributed by atoms with Crippen LogP contribution >= 0.6 is 0 Å². The first-order valence-electron chi connectivity index (χ1n) is 6.95. The van der Waals surface area contributed by atoms with Gasteiger partial charge in [0, 0.05) is 18.7 Å². The Bertz CT molecular complexity index is 472. The van der Waals surface area contributed by atoms with Crippen LogP contribution in [0.1, 0.15) is 19.8 Å². The van der Waals surface area contributed by atoms with Gasteiger partial charge in [0.05, 0.1) is 26.5 Å². The molecule has 0 saturated heterocycles. The van der Waals surface area contributed by atoms with E-state index in [-0.39, 0.29) is 12.5 Å². The highest BCUT2D eigenvalue weighted by atomic mass is 16.5. The van der Waals surface area contributed by atoms with Gasteiger partial charge in [0.25, 0.3) is 0 Å². The molecule has 1 saturated carbocycles. The van der Waals surface area contributed by atoms with Gasteiger partial charge in [-0.3, -0.25) is 4.79 Å². The number of methoxy groups -OCH3 is 2. The molecule has 0 aromatic heterocycles. The highest BCUT2D eigenvalue weighted by molar-refractivity contribution is 5.82. The molecular formula is C15H22N2O3. The molecule has 1 fully saturated rings. The summed E-state index contributed by atoms with van der Waals surface area (Å²) in [6, 6.07) is 5.95. The minimum atomic E-state index is 0.132. The SMILES string of the molecule is CCN(C(=O)CNc1ccc(OC)cc1OC)C1CC1. The van der Waals surface area contributed by atoms with E-state index in [9.17, 15) is 4.79 Å². The summed E-state index contributed by atoms with van der Waals surface area (Å²) in [5, 5.41) is 3.14. The van der Waals surface area contributed by atoms with E-state index in [1.165, 1.54) is 0 Å². The third-order valence-electron chi connectivity index (χ3n) is 3.49. The Labute approximate surface area is 119 Å². The third kappa shape index (κ3) is 3.35. The number of carbonyl (C=O) groups is 1. The molecule has 0 radical (unpaired) electrons. The molecule has 0 atom stereocenters. The first kappa shape index (κ1) is 14.5. The molecule has 1 N–H and O–H groups in total. The fraction of sp³-hybridized carbons (Fsp3) is 0.533. The lowest BCUT2D eigenvalue weighted by Crippen LogP contribution is -2.37. The van der Waals surface area contributed by atoms with Gasteiger partial charge in [-0.15, -0.1) is 0 Å². The maximum Gasteiger partial charge on any atom is 0.242 e. The van der Waals surface area contributed by atoms with Crippen molar-refractivity contribution in [2.75, 3.05) is 32.6 Å². The second kappa shape index (κ2) is 6.50. The largest absolute Gasteiger partial charge is 0.497 e. The standard InChI is InChI=1S/C15H22N2O3/c1-4-17(11-5-6-11)15(18)10-16-13-8-7-12(19-2)9-14(13)20-3/h7-9,11,16H,4-6,10H2,1-3H3. The highest BCUT2D eigenvalue weighted by Gasteiger charge is 2.30. The van der Waals surface area contributed by atoms with E-state index in [4.69, 9.17) is 9.47 Å². The summed E-state index contributed by atoms with van der Waals surface area (Å²) in [5.41, 5.74) is 0.800. The van der Waals surface area contributed by atoms with Crippen molar-refractivity contribution in [2.24, 2.45) is 0 Å². The quantitative estimate of drug-likeness (QED) is 0.830. The number of anilines is 1. The molecule has 5 nitrogen and oxygen atoms in total. The molecule has 1 aliphatic carbocycles. The number of rotatable bonds is 7. The van der Waals surface area contributed by atoms with Crippen molar-refractivity contribution in [3.05, 3.63) is 18.2 Å². The van der Waals surface area contributed by atoms with Crippen molar-refractivity contribution in [2.45, 2.75) is 25.8 Å². The number of hydrogen-bond donors (Lipinski definition) is 1. The minimum Gasteiger partial charge on any atom is -0.497 e. The Morgan fingerprint density at radius 3 is 2.65 bits per heavy atom. The van der Waals surface area contributed by atoms with Gasteiger partial charge < -0.3 is 19.7 Å². The van der Waals surface area contributed by atoms with Gasteiger partial charge in [0.15, 0.2) is 0 Å². The average Bonchev–Trinajstić information content (AvgIpc) is 3.30. The van der Waals surface area contributed by atoms with Crippen LogP contribution in [0.5, 0.6) is 11.5 Å². The molecular weight excluding hydrogens is 256 g/mol. The van der Waals surface area contributed by atoms with E-state index in [1.54, 1.807) is 20.3 Å². The van der Waals surface area contributed by atoms with E-state index in [0.29, 0.717) is 11.8 Å². The topological polar surface area (TPSA) is 50.8 Å². The summed E-state index contributed by atoms with van der Waals surface area (Å²) in [4.78, 5) is 14.1. The summed E-state index contributed by atoms with van der Waals surface area (Å²) in [5.74, 6) is 1.53. The van der Waals surface area contributed by atoms with Crippen LogP contribution in [0.15, 0.2) is 18.2 Å². The average molecular weight is 278 g/mol. The Kier molecular flexibility index (Phi) is 4.71. The van der Waals surface area contributed by atoms with Gasteiger partial charge >= 0.3 is 0 Å². The van der Waals surface area contributed by atoms with E-state index < -0.39 is 0 Å². The van der Waals surface area contributed by atoms with Gasteiger partial charge in [0.1, 0.15) is 11.5 Å². The molecule has 0 aliphatic heterocycles. The van der Waals surface area contributed by atoms with Crippen molar-refractivity contribution >= 4 is 11.6 Å². The smallest absolute Gasteiger partial charge is 0.242 e. The molecule has 0 heterocycles. The summed E-state index contributed by atoms with van der Waals surface area (Å²) in [6.45, 7) is 3.07. The van der Waals surface area contributed by atoms with E-state index in [2.05, 4.69) is 5.32 Å². The number of benzene rings is 1. The molecule has 5 heteroatoms. The van der Waals surface area contributed by atoms with Gasteiger partial charge in [-0.1, -0.05) is 0 Å².